The fourth-order valence-corrected chi connectivity index (χ4v) is 2.00. The number of hydrogen-bond donors (Lipinski definition) is 1. The molecule has 0 saturated carbocycles. The van der Waals surface area contributed by atoms with Gasteiger partial charge in [-0.1, -0.05) is 6.07 Å². The van der Waals surface area contributed by atoms with Crippen LogP contribution in [-0.2, 0) is 4.74 Å². The van der Waals surface area contributed by atoms with E-state index in [9.17, 15) is 9.59 Å². The third-order valence-corrected chi connectivity index (χ3v) is 3.08. The summed E-state index contributed by atoms with van der Waals surface area (Å²) in [6, 6.07) is 12.1. The predicted molar refractivity (Wildman–Crippen MR) is 77.1 cm³/mol. The van der Waals surface area contributed by atoms with Crippen molar-refractivity contribution in [2.45, 2.75) is 0 Å². The van der Waals surface area contributed by atoms with Crippen molar-refractivity contribution in [1.29, 1.82) is 0 Å². The van der Waals surface area contributed by atoms with E-state index in [0.29, 0.717) is 5.56 Å². The SMILES string of the molecule is O=C(COC(=O)c1ccccn1)c1ccc2[nH]ccc2c1. The zero-order valence-corrected chi connectivity index (χ0v) is 11.1. The number of ether oxygens (including phenoxy) is 1. The normalized spacial score (nSPS) is 10.5. The number of nitrogens with one attached hydrogen (secondary N) is 1. The summed E-state index contributed by atoms with van der Waals surface area (Å²) in [7, 11) is 0. The number of benzene rings is 1. The number of fused-ring (bicyclic) bond motifs is 1. The summed E-state index contributed by atoms with van der Waals surface area (Å²) in [5, 5.41) is 0.942. The van der Waals surface area contributed by atoms with Gasteiger partial charge < -0.3 is 9.72 Å². The summed E-state index contributed by atoms with van der Waals surface area (Å²) in [4.78, 5) is 30.7. The Hall–Kier alpha value is -2.95. The smallest absolute Gasteiger partial charge is 0.357 e. The van der Waals surface area contributed by atoms with Crippen molar-refractivity contribution in [2.75, 3.05) is 6.61 Å². The number of aromatic nitrogens is 2. The van der Waals surface area contributed by atoms with Gasteiger partial charge in [-0.3, -0.25) is 4.79 Å². The number of nitrogens with zero attached hydrogens (tertiary/aromatic N) is 1. The third-order valence-electron chi connectivity index (χ3n) is 3.08. The molecular weight excluding hydrogens is 268 g/mol. The molecule has 0 atom stereocenters. The monoisotopic (exact) mass is 280 g/mol. The summed E-state index contributed by atoms with van der Waals surface area (Å²) >= 11 is 0. The summed E-state index contributed by atoms with van der Waals surface area (Å²) in [6.45, 7) is -0.300. The van der Waals surface area contributed by atoms with Crippen LogP contribution in [-0.4, -0.2) is 28.3 Å². The van der Waals surface area contributed by atoms with Crippen LogP contribution in [0.3, 0.4) is 0 Å². The molecule has 0 spiro atoms. The fraction of sp³-hybridized carbons (Fsp3) is 0.0625. The number of Topliss-reactive ketones (excluding diaryl/α,β-unsaturated/α-hetero) is 1. The van der Waals surface area contributed by atoms with Crippen molar-refractivity contribution in [3.63, 3.8) is 0 Å². The van der Waals surface area contributed by atoms with Gasteiger partial charge in [-0.05, 0) is 36.4 Å². The van der Waals surface area contributed by atoms with E-state index in [2.05, 4.69) is 9.97 Å². The summed E-state index contributed by atoms with van der Waals surface area (Å²) < 4.78 is 4.98. The van der Waals surface area contributed by atoms with Gasteiger partial charge in [0.15, 0.2) is 12.4 Å². The Kier molecular flexibility index (Phi) is 3.47. The standard InChI is InChI=1S/C16H12N2O3/c19-15(10-21-16(20)14-3-1-2-7-17-14)12-4-5-13-11(9-12)6-8-18-13/h1-9,18H,10H2. The maximum absolute atomic E-state index is 12.0. The highest BCUT2D eigenvalue weighted by Gasteiger charge is 2.12. The first-order valence-corrected chi connectivity index (χ1v) is 6.42. The highest BCUT2D eigenvalue weighted by molar-refractivity contribution is 6.01. The number of hydrogen-bond acceptors (Lipinski definition) is 4. The van der Waals surface area contributed by atoms with Gasteiger partial charge in [0.2, 0.25) is 0 Å². The molecule has 0 saturated heterocycles. The second-order valence-corrected chi connectivity index (χ2v) is 4.49. The third kappa shape index (κ3) is 2.81. The van der Waals surface area contributed by atoms with Gasteiger partial charge in [-0.2, -0.15) is 0 Å². The lowest BCUT2D eigenvalue weighted by Gasteiger charge is -2.04. The summed E-state index contributed by atoms with van der Waals surface area (Å²) in [5.41, 5.74) is 1.65. The molecule has 1 N–H and O–H groups in total. The lowest BCUT2D eigenvalue weighted by Crippen LogP contribution is -2.15. The minimum Gasteiger partial charge on any atom is -0.453 e. The van der Waals surface area contributed by atoms with Crippen molar-refractivity contribution in [3.05, 3.63) is 66.1 Å². The van der Waals surface area contributed by atoms with Crippen LogP contribution in [0.15, 0.2) is 54.9 Å². The van der Waals surface area contributed by atoms with E-state index in [-0.39, 0.29) is 18.1 Å². The number of rotatable bonds is 4. The quantitative estimate of drug-likeness (QED) is 0.589. The number of pyridine rings is 1. The van der Waals surface area contributed by atoms with Crippen LogP contribution in [0.4, 0.5) is 0 Å². The van der Waals surface area contributed by atoms with E-state index in [1.54, 1.807) is 36.5 Å². The Morgan fingerprint density at radius 1 is 1.14 bits per heavy atom. The van der Waals surface area contributed by atoms with Gasteiger partial charge >= 0.3 is 5.97 Å². The zero-order chi connectivity index (χ0) is 14.7. The number of H-pyrrole nitrogens is 1. The molecule has 0 unspecified atom stereocenters. The number of aromatic amines is 1. The lowest BCUT2D eigenvalue weighted by atomic mass is 10.1. The molecule has 5 nitrogen and oxygen atoms in total. The maximum Gasteiger partial charge on any atom is 0.357 e. The van der Waals surface area contributed by atoms with E-state index in [0.717, 1.165) is 10.9 Å². The van der Waals surface area contributed by atoms with E-state index in [1.165, 1.54) is 6.20 Å². The molecule has 0 fully saturated rings. The first kappa shape index (κ1) is 13.1. The first-order chi connectivity index (χ1) is 10.2. The van der Waals surface area contributed by atoms with Gasteiger partial charge in [0.1, 0.15) is 5.69 Å². The highest BCUT2D eigenvalue weighted by atomic mass is 16.5. The van der Waals surface area contributed by atoms with Crippen molar-refractivity contribution in [2.24, 2.45) is 0 Å². The van der Waals surface area contributed by atoms with Crippen LogP contribution in [0.5, 0.6) is 0 Å². The predicted octanol–water partition coefficient (Wildman–Crippen LogP) is 2.60. The Morgan fingerprint density at radius 3 is 2.86 bits per heavy atom. The molecule has 5 heteroatoms. The summed E-state index contributed by atoms with van der Waals surface area (Å²) in [6.07, 6.45) is 3.30. The van der Waals surface area contributed by atoms with E-state index in [4.69, 9.17) is 4.74 Å². The van der Waals surface area contributed by atoms with Gasteiger partial charge in [0.25, 0.3) is 0 Å². The molecular formula is C16H12N2O3. The fourth-order valence-electron chi connectivity index (χ4n) is 2.00. The average Bonchev–Trinajstić information content (AvgIpc) is 3.00. The van der Waals surface area contributed by atoms with Crippen molar-refractivity contribution < 1.29 is 14.3 Å². The lowest BCUT2D eigenvalue weighted by molar-refractivity contribution is 0.0469. The molecule has 104 valence electrons. The topological polar surface area (TPSA) is 72.1 Å². The number of esters is 1. The molecule has 0 amide bonds. The number of carbonyl (C=O) groups excluding carboxylic acids is 2. The largest absolute Gasteiger partial charge is 0.453 e. The Balaban J connectivity index is 1.67. The van der Waals surface area contributed by atoms with Crippen LogP contribution in [0, 0.1) is 0 Å². The van der Waals surface area contributed by atoms with E-state index in [1.807, 2.05) is 12.1 Å². The molecule has 2 aromatic heterocycles. The summed E-state index contributed by atoms with van der Waals surface area (Å²) in [5.74, 6) is -0.853. The Bertz CT molecular complexity index is 793. The first-order valence-electron chi connectivity index (χ1n) is 6.42. The second kappa shape index (κ2) is 5.58. The van der Waals surface area contributed by atoms with Gasteiger partial charge in [0, 0.05) is 28.9 Å². The van der Waals surface area contributed by atoms with E-state index < -0.39 is 5.97 Å². The molecule has 0 aliphatic carbocycles. The molecule has 21 heavy (non-hydrogen) atoms. The molecule has 3 aromatic rings. The molecule has 0 radical (unpaired) electrons. The minimum absolute atomic E-state index is 0.186. The van der Waals surface area contributed by atoms with E-state index >= 15 is 0 Å². The van der Waals surface area contributed by atoms with Crippen molar-refractivity contribution in [1.82, 2.24) is 9.97 Å². The van der Waals surface area contributed by atoms with Crippen LogP contribution >= 0.6 is 0 Å². The molecule has 2 heterocycles. The Labute approximate surface area is 120 Å². The molecule has 0 aliphatic rings. The molecule has 0 aliphatic heterocycles. The maximum atomic E-state index is 12.0. The molecule has 1 aromatic carbocycles. The van der Waals surface area contributed by atoms with Gasteiger partial charge in [-0.15, -0.1) is 0 Å². The van der Waals surface area contributed by atoms with Crippen LogP contribution in [0.1, 0.15) is 20.8 Å². The van der Waals surface area contributed by atoms with Crippen LogP contribution in [0.2, 0.25) is 0 Å². The molecule has 0 bridgehead atoms. The minimum atomic E-state index is -0.605. The van der Waals surface area contributed by atoms with Crippen LogP contribution in [0.25, 0.3) is 10.9 Å². The highest BCUT2D eigenvalue weighted by Crippen LogP contribution is 2.14. The van der Waals surface area contributed by atoms with Crippen LogP contribution < -0.4 is 0 Å². The van der Waals surface area contributed by atoms with Gasteiger partial charge in [-0.25, -0.2) is 9.78 Å². The Morgan fingerprint density at radius 2 is 2.05 bits per heavy atom. The van der Waals surface area contributed by atoms with Crippen molar-refractivity contribution >= 4 is 22.7 Å². The van der Waals surface area contributed by atoms with Crippen molar-refractivity contribution in [3.8, 4) is 0 Å². The molecule has 3 rings (SSSR count). The zero-order valence-electron chi connectivity index (χ0n) is 11.1. The second-order valence-electron chi connectivity index (χ2n) is 4.49. The number of ketones is 1. The average molecular weight is 280 g/mol. The van der Waals surface area contributed by atoms with Gasteiger partial charge in [0.05, 0.1) is 0 Å². The number of carbonyl (C=O) groups is 2.